The molecule has 7 nitrogen and oxygen atoms in total. The fourth-order valence-corrected chi connectivity index (χ4v) is 4.71. The van der Waals surface area contributed by atoms with Crippen LogP contribution in [0.15, 0.2) is 77.9 Å². The van der Waals surface area contributed by atoms with Gasteiger partial charge in [0, 0.05) is 16.5 Å². The molecule has 0 fully saturated rings. The summed E-state index contributed by atoms with van der Waals surface area (Å²) in [6.07, 6.45) is 2.63. The highest BCUT2D eigenvalue weighted by Crippen LogP contribution is 2.24. The van der Waals surface area contributed by atoms with Gasteiger partial charge in [-0.25, -0.2) is 18.8 Å². The number of hydrogen-bond donors (Lipinski definition) is 1. The molecular formula is C27H25ClN4O3S. The molecule has 4 aromatic rings. The number of rotatable bonds is 7. The topological polar surface area (TPSA) is 91.7 Å². The van der Waals surface area contributed by atoms with Gasteiger partial charge in [0.1, 0.15) is 5.15 Å². The number of aromatic nitrogens is 1. The van der Waals surface area contributed by atoms with Crippen LogP contribution < -0.4 is 9.73 Å². The van der Waals surface area contributed by atoms with Gasteiger partial charge in [-0.1, -0.05) is 48.0 Å². The van der Waals surface area contributed by atoms with Crippen LogP contribution in [-0.4, -0.2) is 31.8 Å². The minimum Gasteiger partial charge on any atom is -0.267 e. The normalized spacial score (nSPS) is 11.7. The van der Waals surface area contributed by atoms with Gasteiger partial charge in [0.25, 0.3) is 5.91 Å². The maximum absolute atomic E-state index is 12.5. The quantitative estimate of drug-likeness (QED) is 0.205. The average Bonchev–Trinajstić information content (AvgIpc) is 2.84. The maximum Gasteiger partial charge on any atom is 0.271 e. The van der Waals surface area contributed by atoms with E-state index < -0.39 is 15.9 Å². The van der Waals surface area contributed by atoms with Crippen molar-refractivity contribution < 1.29 is 13.2 Å². The molecule has 1 aromatic heterocycles. The molecule has 0 atom stereocenters. The number of nitrogens with one attached hydrogen (secondary N) is 1. The Labute approximate surface area is 215 Å². The van der Waals surface area contributed by atoms with Crippen molar-refractivity contribution in [1.29, 1.82) is 0 Å². The maximum atomic E-state index is 12.5. The summed E-state index contributed by atoms with van der Waals surface area (Å²) in [6, 6.07) is 21.7. The van der Waals surface area contributed by atoms with Gasteiger partial charge in [-0.05, 0) is 66.9 Å². The van der Waals surface area contributed by atoms with Crippen LogP contribution in [0.5, 0.6) is 0 Å². The largest absolute Gasteiger partial charge is 0.271 e. The zero-order valence-corrected chi connectivity index (χ0v) is 21.6. The van der Waals surface area contributed by atoms with Crippen LogP contribution in [0.1, 0.15) is 32.6 Å². The number of aryl methyl sites for hydroxylation is 2. The number of halogens is 1. The summed E-state index contributed by atoms with van der Waals surface area (Å²) in [4.78, 5) is 16.9. The second-order valence-electron chi connectivity index (χ2n) is 8.50. The highest BCUT2D eigenvalue weighted by Gasteiger charge is 2.18. The first-order chi connectivity index (χ1) is 17.1. The fourth-order valence-electron chi connectivity index (χ4n) is 3.63. The number of carbonyl (C=O) groups excluding carboxylic acids is 1. The number of amides is 1. The zero-order valence-electron chi connectivity index (χ0n) is 20.1. The number of benzene rings is 3. The lowest BCUT2D eigenvalue weighted by Crippen LogP contribution is -2.29. The Balaban J connectivity index is 1.45. The average molecular weight is 521 g/mol. The molecule has 0 bridgehead atoms. The Bertz CT molecular complexity index is 1570. The number of hydrogen-bond acceptors (Lipinski definition) is 5. The second kappa shape index (κ2) is 10.5. The van der Waals surface area contributed by atoms with Crippen LogP contribution in [0.3, 0.4) is 0 Å². The van der Waals surface area contributed by atoms with Crippen LogP contribution in [0.2, 0.25) is 5.15 Å². The lowest BCUT2D eigenvalue weighted by Gasteiger charge is -2.23. The molecule has 36 heavy (non-hydrogen) atoms. The van der Waals surface area contributed by atoms with Gasteiger partial charge >= 0.3 is 0 Å². The van der Waals surface area contributed by atoms with Gasteiger partial charge in [0.05, 0.1) is 30.2 Å². The molecule has 184 valence electrons. The van der Waals surface area contributed by atoms with Crippen LogP contribution in [-0.2, 0) is 16.6 Å². The van der Waals surface area contributed by atoms with Crippen molar-refractivity contribution in [2.24, 2.45) is 5.10 Å². The summed E-state index contributed by atoms with van der Waals surface area (Å²) in [5.41, 5.74) is 7.66. The number of anilines is 1. The first-order valence-corrected chi connectivity index (χ1v) is 13.4. The lowest BCUT2D eigenvalue weighted by molar-refractivity contribution is 0.0955. The molecular weight excluding hydrogens is 496 g/mol. The third-order valence-electron chi connectivity index (χ3n) is 5.80. The summed E-state index contributed by atoms with van der Waals surface area (Å²) in [6.45, 7) is 4.07. The summed E-state index contributed by atoms with van der Waals surface area (Å²) >= 11 is 6.23. The van der Waals surface area contributed by atoms with E-state index in [1.165, 1.54) is 16.8 Å². The van der Waals surface area contributed by atoms with Crippen molar-refractivity contribution in [3.63, 3.8) is 0 Å². The van der Waals surface area contributed by atoms with E-state index in [4.69, 9.17) is 11.6 Å². The smallest absolute Gasteiger partial charge is 0.267 e. The molecule has 0 saturated carbocycles. The first kappa shape index (κ1) is 25.3. The summed E-state index contributed by atoms with van der Waals surface area (Å²) in [5.74, 6) is -0.406. The van der Waals surface area contributed by atoms with Crippen LogP contribution in [0, 0.1) is 13.8 Å². The Hall–Kier alpha value is -3.75. The predicted molar refractivity (Wildman–Crippen MR) is 145 cm³/mol. The van der Waals surface area contributed by atoms with Crippen molar-refractivity contribution in [3.05, 3.63) is 106 Å². The Morgan fingerprint density at radius 2 is 1.75 bits per heavy atom. The Kier molecular flexibility index (Phi) is 7.37. The fraction of sp³-hybridized carbons (Fsp3) is 0.148. The van der Waals surface area contributed by atoms with E-state index >= 15 is 0 Å². The third kappa shape index (κ3) is 5.90. The third-order valence-corrected chi connectivity index (χ3v) is 7.24. The van der Waals surface area contributed by atoms with Crippen LogP contribution >= 0.6 is 11.6 Å². The second-order valence-corrected chi connectivity index (χ2v) is 10.8. The standard InChI is InChI=1S/C27H25ClN4O3S/c1-18-8-13-24(14-19(18)2)32(36(3,34)35)17-20-9-11-21(12-10-20)27(33)31-29-16-23-15-22-6-4-5-7-25(22)30-26(23)28/h4-16H,17H2,1-3H3,(H,31,33)/b29-16-. The van der Waals surface area contributed by atoms with Gasteiger partial charge in [0.15, 0.2) is 0 Å². The van der Waals surface area contributed by atoms with Gasteiger partial charge in [-0.2, -0.15) is 5.10 Å². The van der Waals surface area contributed by atoms with Crippen molar-refractivity contribution in [1.82, 2.24) is 10.4 Å². The van der Waals surface area contributed by atoms with E-state index in [0.29, 0.717) is 16.8 Å². The van der Waals surface area contributed by atoms with E-state index in [0.717, 1.165) is 27.6 Å². The van der Waals surface area contributed by atoms with Gasteiger partial charge in [0.2, 0.25) is 10.0 Å². The highest BCUT2D eigenvalue weighted by molar-refractivity contribution is 7.92. The van der Waals surface area contributed by atoms with E-state index in [-0.39, 0.29) is 11.7 Å². The van der Waals surface area contributed by atoms with Crippen molar-refractivity contribution in [2.45, 2.75) is 20.4 Å². The monoisotopic (exact) mass is 520 g/mol. The SMILES string of the molecule is Cc1ccc(N(Cc2ccc(C(=O)N/N=C\c3cc4ccccc4nc3Cl)cc2)S(C)(=O)=O)cc1C. The Morgan fingerprint density at radius 3 is 2.44 bits per heavy atom. The number of nitrogens with zero attached hydrogens (tertiary/aromatic N) is 3. The molecule has 0 aliphatic rings. The minimum atomic E-state index is -3.51. The molecule has 1 N–H and O–H groups in total. The first-order valence-electron chi connectivity index (χ1n) is 11.1. The molecule has 1 heterocycles. The van der Waals surface area contributed by atoms with E-state index in [1.54, 1.807) is 30.3 Å². The van der Waals surface area contributed by atoms with Crippen LogP contribution in [0.4, 0.5) is 5.69 Å². The van der Waals surface area contributed by atoms with Gasteiger partial charge in [-0.3, -0.25) is 9.10 Å². The molecule has 0 spiro atoms. The number of carbonyl (C=O) groups is 1. The van der Waals surface area contributed by atoms with Gasteiger partial charge in [-0.15, -0.1) is 0 Å². The molecule has 0 radical (unpaired) electrons. The lowest BCUT2D eigenvalue weighted by atomic mass is 10.1. The molecule has 1 amide bonds. The summed E-state index contributed by atoms with van der Waals surface area (Å²) in [5, 5.41) is 5.21. The highest BCUT2D eigenvalue weighted by atomic mass is 35.5. The predicted octanol–water partition coefficient (Wildman–Crippen LogP) is 5.24. The number of pyridine rings is 1. The Morgan fingerprint density at radius 1 is 1.03 bits per heavy atom. The molecule has 4 rings (SSSR count). The number of sulfonamides is 1. The molecule has 0 saturated heterocycles. The number of para-hydroxylation sites is 1. The number of fused-ring (bicyclic) bond motifs is 1. The summed E-state index contributed by atoms with van der Waals surface area (Å²) in [7, 11) is -3.51. The van der Waals surface area contributed by atoms with Crippen molar-refractivity contribution in [2.75, 3.05) is 10.6 Å². The van der Waals surface area contributed by atoms with Crippen molar-refractivity contribution in [3.8, 4) is 0 Å². The molecule has 0 aliphatic carbocycles. The zero-order chi connectivity index (χ0) is 25.9. The molecule has 0 unspecified atom stereocenters. The van der Waals surface area contributed by atoms with E-state index in [2.05, 4.69) is 15.5 Å². The van der Waals surface area contributed by atoms with Crippen molar-refractivity contribution >= 4 is 50.3 Å². The summed E-state index contributed by atoms with van der Waals surface area (Å²) < 4.78 is 26.3. The minimum absolute atomic E-state index is 0.148. The van der Waals surface area contributed by atoms with E-state index in [9.17, 15) is 13.2 Å². The molecule has 9 heteroatoms. The van der Waals surface area contributed by atoms with Crippen LogP contribution in [0.25, 0.3) is 10.9 Å². The van der Waals surface area contributed by atoms with E-state index in [1.807, 2.05) is 56.3 Å². The number of hydrazone groups is 1. The van der Waals surface area contributed by atoms with Gasteiger partial charge < -0.3 is 0 Å². The molecule has 3 aromatic carbocycles. The molecule has 0 aliphatic heterocycles.